The lowest BCUT2D eigenvalue weighted by atomic mass is 9.90. The number of aromatic nitrogens is 2. The SMILES string of the molecule is O=C1c2ccccc2C(=O)c2[nH]c(Cc3ccccc3F)nc21. The van der Waals surface area contributed by atoms with Gasteiger partial charge < -0.3 is 4.98 Å². The van der Waals surface area contributed by atoms with Crippen LogP contribution < -0.4 is 0 Å². The molecule has 0 radical (unpaired) electrons. The third-order valence-electron chi connectivity index (χ3n) is 3.93. The van der Waals surface area contributed by atoms with Crippen molar-refractivity contribution in [3.05, 3.63) is 88.3 Å². The van der Waals surface area contributed by atoms with Gasteiger partial charge in [0.2, 0.25) is 11.6 Å². The highest BCUT2D eigenvalue weighted by molar-refractivity contribution is 6.27. The van der Waals surface area contributed by atoms with Crippen LogP contribution in [0, 0.1) is 5.82 Å². The lowest BCUT2D eigenvalue weighted by Gasteiger charge is -2.11. The van der Waals surface area contributed by atoms with Gasteiger partial charge in [0.05, 0.1) is 0 Å². The van der Waals surface area contributed by atoms with Gasteiger partial charge in [-0.25, -0.2) is 9.37 Å². The molecule has 2 aromatic carbocycles. The Morgan fingerprint density at radius 2 is 1.57 bits per heavy atom. The monoisotopic (exact) mass is 306 g/mol. The van der Waals surface area contributed by atoms with Crippen LogP contribution >= 0.6 is 0 Å². The molecule has 5 heteroatoms. The largest absolute Gasteiger partial charge is 0.338 e. The third-order valence-corrected chi connectivity index (χ3v) is 3.93. The van der Waals surface area contributed by atoms with Gasteiger partial charge in [0, 0.05) is 17.5 Å². The molecular formula is C18H11FN2O2. The van der Waals surface area contributed by atoms with Crippen molar-refractivity contribution in [2.45, 2.75) is 6.42 Å². The summed E-state index contributed by atoms with van der Waals surface area (Å²) >= 11 is 0. The highest BCUT2D eigenvalue weighted by Crippen LogP contribution is 2.26. The van der Waals surface area contributed by atoms with Crippen LogP contribution in [0.4, 0.5) is 4.39 Å². The zero-order valence-electron chi connectivity index (χ0n) is 12.0. The highest BCUT2D eigenvalue weighted by atomic mass is 19.1. The Morgan fingerprint density at radius 1 is 0.913 bits per heavy atom. The molecule has 4 rings (SSSR count). The van der Waals surface area contributed by atoms with Crippen molar-refractivity contribution in [2.75, 3.05) is 0 Å². The third kappa shape index (κ3) is 2.09. The molecular weight excluding hydrogens is 295 g/mol. The minimum atomic E-state index is -0.345. The van der Waals surface area contributed by atoms with Crippen LogP contribution in [0.5, 0.6) is 0 Å². The number of nitrogens with zero attached hydrogens (tertiary/aromatic N) is 1. The lowest BCUT2D eigenvalue weighted by molar-refractivity contribution is 0.0974. The van der Waals surface area contributed by atoms with Crippen molar-refractivity contribution < 1.29 is 14.0 Å². The van der Waals surface area contributed by atoms with Crippen LogP contribution in [0.2, 0.25) is 0 Å². The molecule has 3 aromatic rings. The summed E-state index contributed by atoms with van der Waals surface area (Å²) in [6, 6.07) is 13.0. The summed E-state index contributed by atoms with van der Waals surface area (Å²) in [5, 5.41) is 0. The number of hydrogen-bond donors (Lipinski definition) is 1. The molecule has 0 unspecified atom stereocenters. The Morgan fingerprint density at radius 3 is 2.30 bits per heavy atom. The van der Waals surface area contributed by atoms with E-state index in [0.29, 0.717) is 22.5 Å². The van der Waals surface area contributed by atoms with Crippen LogP contribution in [0.1, 0.15) is 43.5 Å². The number of hydrogen-bond acceptors (Lipinski definition) is 3. The Labute approximate surface area is 131 Å². The van der Waals surface area contributed by atoms with E-state index in [9.17, 15) is 14.0 Å². The fourth-order valence-corrected chi connectivity index (χ4v) is 2.80. The Bertz CT molecular complexity index is 907. The maximum atomic E-state index is 13.8. The standard InChI is InChI=1S/C18H11FN2O2/c19-13-8-4-1-5-10(13)9-14-20-15-16(21-14)18(23)12-7-3-2-6-11(12)17(15)22/h1-8H,9H2,(H,20,21). The highest BCUT2D eigenvalue weighted by Gasteiger charge is 2.32. The van der Waals surface area contributed by atoms with Gasteiger partial charge in [-0.3, -0.25) is 9.59 Å². The van der Waals surface area contributed by atoms with E-state index in [0.717, 1.165) is 0 Å². The number of aromatic amines is 1. The van der Waals surface area contributed by atoms with E-state index in [2.05, 4.69) is 9.97 Å². The summed E-state index contributed by atoms with van der Waals surface area (Å²) in [6.07, 6.45) is 0.191. The van der Waals surface area contributed by atoms with Gasteiger partial charge in [-0.05, 0) is 11.6 Å². The summed E-state index contributed by atoms with van der Waals surface area (Å²) in [6.45, 7) is 0. The first-order valence-corrected chi connectivity index (χ1v) is 7.16. The Balaban J connectivity index is 1.77. The smallest absolute Gasteiger partial charge is 0.214 e. The van der Waals surface area contributed by atoms with E-state index < -0.39 is 0 Å². The molecule has 1 aromatic heterocycles. The minimum absolute atomic E-state index is 0.111. The molecule has 0 saturated heterocycles. The molecule has 1 heterocycles. The average molecular weight is 306 g/mol. The van der Waals surface area contributed by atoms with Crippen LogP contribution in [-0.2, 0) is 6.42 Å². The number of H-pyrrole nitrogens is 1. The molecule has 1 N–H and O–H groups in total. The number of halogens is 1. The van der Waals surface area contributed by atoms with Crippen molar-refractivity contribution in [2.24, 2.45) is 0 Å². The average Bonchev–Trinajstić information content (AvgIpc) is 2.99. The van der Waals surface area contributed by atoms with E-state index in [1.165, 1.54) is 6.07 Å². The predicted octanol–water partition coefficient (Wildman–Crippen LogP) is 2.92. The van der Waals surface area contributed by atoms with Gasteiger partial charge in [-0.1, -0.05) is 42.5 Å². The maximum absolute atomic E-state index is 13.8. The normalized spacial score (nSPS) is 12.9. The minimum Gasteiger partial charge on any atom is -0.338 e. The summed E-state index contributed by atoms with van der Waals surface area (Å²) in [5.41, 5.74) is 1.47. The summed E-state index contributed by atoms with van der Waals surface area (Å²) in [7, 11) is 0. The number of rotatable bonds is 2. The topological polar surface area (TPSA) is 62.8 Å². The van der Waals surface area contributed by atoms with Crippen molar-refractivity contribution in [1.29, 1.82) is 0 Å². The van der Waals surface area contributed by atoms with Crippen molar-refractivity contribution >= 4 is 11.6 Å². The van der Waals surface area contributed by atoms with Gasteiger partial charge in [0.15, 0.2) is 0 Å². The van der Waals surface area contributed by atoms with Crippen LogP contribution in [0.15, 0.2) is 48.5 Å². The number of carbonyl (C=O) groups excluding carboxylic acids is 2. The Kier molecular flexibility index (Phi) is 2.94. The molecule has 4 nitrogen and oxygen atoms in total. The van der Waals surface area contributed by atoms with Gasteiger partial charge in [0.25, 0.3) is 0 Å². The molecule has 0 atom stereocenters. The van der Waals surface area contributed by atoms with Crippen LogP contribution in [0.25, 0.3) is 0 Å². The van der Waals surface area contributed by atoms with Crippen molar-refractivity contribution in [1.82, 2.24) is 9.97 Å². The first-order chi connectivity index (χ1) is 11.1. The zero-order chi connectivity index (χ0) is 16.0. The molecule has 1 aliphatic rings. The molecule has 0 bridgehead atoms. The van der Waals surface area contributed by atoms with Gasteiger partial charge in [-0.2, -0.15) is 0 Å². The number of benzene rings is 2. The van der Waals surface area contributed by atoms with E-state index in [1.54, 1.807) is 42.5 Å². The lowest BCUT2D eigenvalue weighted by Crippen LogP contribution is -2.20. The maximum Gasteiger partial charge on any atom is 0.214 e. The molecule has 112 valence electrons. The molecule has 23 heavy (non-hydrogen) atoms. The fourth-order valence-electron chi connectivity index (χ4n) is 2.80. The van der Waals surface area contributed by atoms with Crippen LogP contribution in [0.3, 0.4) is 0 Å². The van der Waals surface area contributed by atoms with E-state index in [1.807, 2.05) is 0 Å². The van der Waals surface area contributed by atoms with E-state index in [-0.39, 0.29) is 35.2 Å². The van der Waals surface area contributed by atoms with Crippen molar-refractivity contribution in [3.8, 4) is 0 Å². The van der Waals surface area contributed by atoms with Gasteiger partial charge >= 0.3 is 0 Å². The summed E-state index contributed by atoms with van der Waals surface area (Å²) < 4.78 is 13.8. The van der Waals surface area contributed by atoms with Gasteiger partial charge in [-0.15, -0.1) is 0 Å². The number of fused-ring (bicyclic) bond motifs is 2. The van der Waals surface area contributed by atoms with Crippen molar-refractivity contribution in [3.63, 3.8) is 0 Å². The first-order valence-electron chi connectivity index (χ1n) is 7.16. The predicted molar refractivity (Wildman–Crippen MR) is 81.1 cm³/mol. The molecule has 1 aliphatic carbocycles. The fraction of sp³-hybridized carbons (Fsp3) is 0.0556. The number of imidazole rings is 1. The first kappa shape index (κ1) is 13.6. The molecule has 0 amide bonds. The molecule has 0 aliphatic heterocycles. The van der Waals surface area contributed by atoms with E-state index in [4.69, 9.17) is 0 Å². The second kappa shape index (κ2) is 4.98. The molecule has 0 fully saturated rings. The number of ketones is 2. The number of carbonyl (C=O) groups is 2. The van der Waals surface area contributed by atoms with Gasteiger partial charge in [0.1, 0.15) is 23.0 Å². The van der Waals surface area contributed by atoms with Crippen LogP contribution in [-0.4, -0.2) is 21.5 Å². The summed E-state index contributed by atoms with van der Waals surface area (Å²) in [5.74, 6) is -0.494. The quantitative estimate of drug-likeness (QED) is 0.619. The zero-order valence-corrected chi connectivity index (χ0v) is 12.0. The second-order valence-electron chi connectivity index (χ2n) is 5.38. The summed E-state index contributed by atoms with van der Waals surface area (Å²) in [4.78, 5) is 32.1. The second-order valence-corrected chi connectivity index (χ2v) is 5.38. The molecule has 0 spiro atoms. The molecule has 0 saturated carbocycles. The number of nitrogens with one attached hydrogen (secondary N) is 1. The van der Waals surface area contributed by atoms with E-state index >= 15 is 0 Å². The Hall–Kier alpha value is -3.08.